The van der Waals surface area contributed by atoms with Crippen molar-refractivity contribution in [1.82, 2.24) is 5.43 Å². The number of rotatable bonds is 7. The summed E-state index contributed by atoms with van der Waals surface area (Å²) in [5.74, 6) is -0.177. The van der Waals surface area contributed by atoms with Crippen molar-refractivity contribution in [3.8, 4) is 0 Å². The molecule has 0 saturated carbocycles. The molecule has 0 radical (unpaired) electrons. The molecule has 0 spiro atoms. The van der Waals surface area contributed by atoms with Crippen LogP contribution >= 0.6 is 31.9 Å². The summed E-state index contributed by atoms with van der Waals surface area (Å²) < 4.78 is 1.87. The summed E-state index contributed by atoms with van der Waals surface area (Å²) in [6.45, 7) is 2.08. The van der Waals surface area contributed by atoms with Crippen molar-refractivity contribution in [3.05, 3.63) is 63.0 Å². The van der Waals surface area contributed by atoms with Crippen LogP contribution in [-0.2, 0) is 11.2 Å². The summed E-state index contributed by atoms with van der Waals surface area (Å²) in [4.78, 5) is 11.9. The lowest BCUT2D eigenvalue weighted by Gasteiger charge is -2.08. The molecule has 0 aromatic heterocycles. The van der Waals surface area contributed by atoms with Gasteiger partial charge in [0.2, 0.25) is 0 Å². The molecule has 0 fully saturated rings. The molecule has 0 atom stereocenters. The summed E-state index contributed by atoms with van der Waals surface area (Å²) in [7, 11) is 0. The molecule has 2 aromatic carbocycles. The van der Waals surface area contributed by atoms with Crippen LogP contribution in [-0.4, -0.2) is 18.2 Å². The largest absolute Gasteiger partial charge is 0.375 e. The number of hydrogen-bond acceptors (Lipinski definition) is 3. The lowest BCUT2D eigenvalue weighted by Crippen LogP contribution is -2.26. The molecule has 0 aliphatic rings. The maximum absolute atomic E-state index is 11.9. The number of carbonyl (C=O) groups excluding carboxylic acids is 1. The standard InChI is InChI=1S/C18H19Br2N3O/c1-13(7-8-14-5-3-2-4-6-14)22-23-18(24)12-21-17-10-9-15(19)11-16(17)20/h2-6,9-11,21H,7-8,12H2,1H3,(H,23,24). The van der Waals surface area contributed by atoms with Gasteiger partial charge in [0.15, 0.2) is 0 Å². The second-order valence-electron chi connectivity index (χ2n) is 5.35. The summed E-state index contributed by atoms with van der Waals surface area (Å²) in [6.07, 6.45) is 1.73. The number of anilines is 1. The van der Waals surface area contributed by atoms with Gasteiger partial charge in [0.25, 0.3) is 5.91 Å². The van der Waals surface area contributed by atoms with Gasteiger partial charge in [-0.2, -0.15) is 5.10 Å². The van der Waals surface area contributed by atoms with Gasteiger partial charge < -0.3 is 5.32 Å². The monoisotopic (exact) mass is 451 g/mol. The van der Waals surface area contributed by atoms with Crippen molar-refractivity contribution in [2.75, 3.05) is 11.9 Å². The van der Waals surface area contributed by atoms with Gasteiger partial charge in [-0.15, -0.1) is 0 Å². The zero-order valence-electron chi connectivity index (χ0n) is 13.4. The molecule has 0 unspecified atom stereocenters. The van der Waals surface area contributed by atoms with Gasteiger partial charge in [0, 0.05) is 20.3 Å². The minimum absolute atomic E-state index is 0.162. The van der Waals surface area contributed by atoms with Crippen LogP contribution in [0.25, 0.3) is 0 Å². The zero-order valence-corrected chi connectivity index (χ0v) is 16.5. The Hall–Kier alpha value is -1.66. The molecule has 2 rings (SSSR count). The third-order valence-electron chi connectivity index (χ3n) is 3.36. The Morgan fingerprint density at radius 3 is 2.58 bits per heavy atom. The number of aryl methyl sites for hydroxylation is 1. The minimum atomic E-state index is -0.177. The summed E-state index contributed by atoms with van der Waals surface area (Å²) in [6, 6.07) is 16.0. The summed E-state index contributed by atoms with van der Waals surface area (Å²) >= 11 is 6.84. The van der Waals surface area contributed by atoms with Crippen molar-refractivity contribution in [1.29, 1.82) is 0 Å². The van der Waals surface area contributed by atoms with E-state index in [9.17, 15) is 4.79 Å². The Labute approximate surface area is 159 Å². The molecule has 24 heavy (non-hydrogen) atoms. The second kappa shape index (κ2) is 9.59. The predicted octanol–water partition coefficient (Wildman–Crippen LogP) is 4.75. The maximum Gasteiger partial charge on any atom is 0.259 e. The molecule has 0 bridgehead atoms. The topological polar surface area (TPSA) is 53.5 Å². The van der Waals surface area contributed by atoms with Crippen LogP contribution in [0, 0.1) is 0 Å². The van der Waals surface area contributed by atoms with Crippen molar-refractivity contribution in [3.63, 3.8) is 0 Å². The Morgan fingerprint density at radius 1 is 1.12 bits per heavy atom. The van der Waals surface area contributed by atoms with E-state index in [1.54, 1.807) is 0 Å². The molecule has 4 nitrogen and oxygen atoms in total. The van der Waals surface area contributed by atoms with Gasteiger partial charge in [-0.3, -0.25) is 4.79 Å². The second-order valence-corrected chi connectivity index (χ2v) is 7.12. The van der Waals surface area contributed by atoms with E-state index >= 15 is 0 Å². The molecule has 2 N–H and O–H groups in total. The first kappa shape index (κ1) is 18.7. The van der Waals surface area contributed by atoms with Crippen LogP contribution in [0.15, 0.2) is 62.6 Å². The Balaban J connectivity index is 1.75. The zero-order chi connectivity index (χ0) is 17.4. The average Bonchev–Trinajstić information content (AvgIpc) is 2.58. The smallest absolute Gasteiger partial charge is 0.259 e. The molecule has 0 aliphatic heterocycles. The molecule has 2 aromatic rings. The quantitative estimate of drug-likeness (QED) is 0.470. The molecule has 0 heterocycles. The van der Waals surface area contributed by atoms with Gasteiger partial charge in [-0.05, 0) is 59.5 Å². The van der Waals surface area contributed by atoms with E-state index in [-0.39, 0.29) is 12.5 Å². The molecule has 0 saturated heterocycles. The number of amides is 1. The van der Waals surface area contributed by atoms with Gasteiger partial charge in [0.05, 0.1) is 6.54 Å². The number of nitrogens with zero attached hydrogens (tertiary/aromatic N) is 1. The van der Waals surface area contributed by atoms with Gasteiger partial charge in [0.1, 0.15) is 0 Å². The van der Waals surface area contributed by atoms with Gasteiger partial charge in [-0.1, -0.05) is 46.3 Å². The van der Waals surface area contributed by atoms with Crippen molar-refractivity contribution in [2.24, 2.45) is 5.10 Å². The first-order valence-electron chi connectivity index (χ1n) is 7.59. The van der Waals surface area contributed by atoms with Crippen molar-refractivity contribution >= 4 is 49.2 Å². The Bertz CT molecular complexity index is 717. The van der Waals surface area contributed by atoms with Gasteiger partial charge in [-0.25, -0.2) is 5.43 Å². The van der Waals surface area contributed by atoms with Crippen LogP contribution in [0.2, 0.25) is 0 Å². The highest BCUT2D eigenvalue weighted by atomic mass is 79.9. The van der Waals surface area contributed by atoms with Crippen molar-refractivity contribution in [2.45, 2.75) is 19.8 Å². The van der Waals surface area contributed by atoms with Gasteiger partial charge >= 0.3 is 0 Å². The third-order valence-corrected chi connectivity index (χ3v) is 4.51. The molecule has 0 aliphatic carbocycles. The van der Waals surface area contributed by atoms with Crippen LogP contribution in [0.3, 0.4) is 0 Å². The number of carbonyl (C=O) groups is 1. The summed E-state index contributed by atoms with van der Waals surface area (Å²) in [5.41, 5.74) is 5.61. The van der Waals surface area contributed by atoms with E-state index in [1.807, 2.05) is 43.3 Å². The molecular formula is C18H19Br2N3O. The average molecular weight is 453 g/mol. The highest BCUT2D eigenvalue weighted by molar-refractivity contribution is 9.11. The van der Waals surface area contributed by atoms with E-state index in [0.717, 1.165) is 33.2 Å². The van der Waals surface area contributed by atoms with Crippen LogP contribution < -0.4 is 10.7 Å². The van der Waals surface area contributed by atoms with Crippen LogP contribution in [0.1, 0.15) is 18.9 Å². The molecule has 126 valence electrons. The third kappa shape index (κ3) is 6.45. The highest BCUT2D eigenvalue weighted by Crippen LogP contribution is 2.25. The van der Waals surface area contributed by atoms with Crippen LogP contribution in [0.5, 0.6) is 0 Å². The fraction of sp³-hybridized carbons (Fsp3) is 0.222. The number of nitrogens with one attached hydrogen (secondary N) is 2. The Morgan fingerprint density at radius 2 is 1.88 bits per heavy atom. The van der Waals surface area contributed by atoms with Crippen molar-refractivity contribution < 1.29 is 4.79 Å². The number of benzene rings is 2. The highest BCUT2D eigenvalue weighted by Gasteiger charge is 2.04. The lowest BCUT2D eigenvalue weighted by atomic mass is 10.1. The van der Waals surface area contributed by atoms with Crippen LogP contribution in [0.4, 0.5) is 5.69 Å². The SMILES string of the molecule is CC(CCc1ccccc1)=NNC(=O)CNc1ccc(Br)cc1Br. The lowest BCUT2D eigenvalue weighted by molar-refractivity contribution is -0.119. The maximum atomic E-state index is 11.9. The molecule has 6 heteroatoms. The first-order chi connectivity index (χ1) is 11.5. The van der Waals surface area contributed by atoms with E-state index in [4.69, 9.17) is 0 Å². The van der Waals surface area contributed by atoms with E-state index in [2.05, 4.69) is 59.8 Å². The molecular weight excluding hydrogens is 434 g/mol. The number of halogens is 2. The van der Waals surface area contributed by atoms with E-state index in [1.165, 1.54) is 5.56 Å². The fourth-order valence-corrected chi connectivity index (χ4v) is 3.22. The molecule has 1 amide bonds. The first-order valence-corrected chi connectivity index (χ1v) is 9.18. The van der Waals surface area contributed by atoms with E-state index in [0.29, 0.717) is 0 Å². The normalized spacial score (nSPS) is 11.2. The summed E-state index contributed by atoms with van der Waals surface area (Å²) in [5, 5.41) is 7.22. The predicted molar refractivity (Wildman–Crippen MR) is 106 cm³/mol. The number of hydrogen-bond donors (Lipinski definition) is 2. The Kier molecular flexibility index (Phi) is 7.46. The van der Waals surface area contributed by atoms with E-state index < -0.39 is 0 Å². The fourth-order valence-electron chi connectivity index (χ4n) is 2.03. The number of hydrazone groups is 1. The minimum Gasteiger partial charge on any atom is -0.375 e.